The predicted octanol–water partition coefficient (Wildman–Crippen LogP) is 1.97. The number of rotatable bonds is 3. The highest BCUT2D eigenvalue weighted by Crippen LogP contribution is 2.30. The van der Waals surface area contributed by atoms with Gasteiger partial charge in [0.1, 0.15) is 5.01 Å². The quantitative estimate of drug-likeness (QED) is 0.851. The van der Waals surface area contributed by atoms with Gasteiger partial charge in [-0.2, -0.15) is 0 Å². The largest absolute Gasteiger partial charge is 0.476 e. The van der Waals surface area contributed by atoms with Crippen molar-refractivity contribution < 1.29 is 9.90 Å². The van der Waals surface area contributed by atoms with Gasteiger partial charge >= 0.3 is 5.97 Å². The van der Waals surface area contributed by atoms with E-state index in [1.807, 2.05) is 30.3 Å². The number of thiazole rings is 1. The maximum Gasteiger partial charge on any atom is 0.356 e. The summed E-state index contributed by atoms with van der Waals surface area (Å²) < 4.78 is 0. The van der Waals surface area contributed by atoms with Crippen LogP contribution in [0.15, 0.2) is 30.3 Å². The van der Waals surface area contributed by atoms with Crippen molar-refractivity contribution in [1.29, 1.82) is 0 Å². The standard InChI is InChI=1S/C11H10N2O2S/c12-6-8-13-9(11(14)15)10(16-8)7-4-2-1-3-5-7/h1-5H,6,12H2,(H,14,15). The highest BCUT2D eigenvalue weighted by molar-refractivity contribution is 7.15. The van der Waals surface area contributed by atoms with Crippen LogP contribution in [0.3, 0.4) is 0 Å². The average Bonchev–Trinajstić information content (AvgIpc) is 2.74. The summed E-state index contributed by atoms with van der Waals surface area (Å²) in [5, 5.41) is 9.67. The van der Waals surface area contributed by atoms with Gasteiger partial charge in [-0.05, 0) is 5.56 Å². The topological polar surface area (TPSA) is 76.2 Å². The van der Waals surface area contributed by atoms with Gasteiger partial charge in [0.05, 0.1) is 4.88 Å². The minimum Gasteiger partial charge on any atom is -0.476 e. The monoisotopic (exact) mass is 234 g/mol. The van der Waals surface area contributed by atoms with Crippen LogP contribution in [0, 0.1) is 0 Å². The second kappa shape index (κ2) is 4.42. The molecular formula is C11H10N2O2S. The zero-order chi connectivity index (χ0) is 11.5. The first-order valence-corrected chi connectivity index (χ1v) is 5.52. The Labute approximate surface area is 96.4 Å². The number of aromatic nitrogens is 1. The van der Waals surface area contributed by atoms with Gasteiger partial charge in [0.25, 0.3) is 0 Å². The zero-order valence-electron chi connectivity index (χ0n) is 8.38. The van der Waals surface area contributed by atoms with Crippen LogP contribution in [0.1, 0.15) is 15.5 Å². The maximum absolute atomic E-state index is 11.0. The van der Waals surface area contributed by atoms with Crippen LogP contribution in [0.25, 0.3) is 10.4 Å². The first-order valence-electron chi connectivity index (χ1n) is 4.71. The van der Waals surface area contributed by atoms with Crippen molar-refractivity contribution in [1.82, 2.24) is 4.98 Å². The van der Waals surface area contributed by atoms with E-state index in [2.05, 4.69) is 4.98 Å². The third-order valence-electron chi connectivity index (χ3n) is 2.08. The second-order valence-electron chi connectivity index (χ2n) is 3.16. The van der Waals surface area contributed by atoms with Crippen molar-refractivity contribution in [3.8, 4) is 10.4 Å². The number of hydrogen-bond donors (Lipinski definition) is 2. The summed E-state index contributed by atoms with van der Waals surface area (Å²) in [5.74, 6) is -1.02. The summed E-state index contributed by atoms with van der Waals surface area (Å²) in [7, 11) is 0. The van der Waals surface area contributed by atoms with E-state index in [4.69, 9.17) is 10.8 Å². The van der Waals surface area contributed by atoms with Crippen LogP contribution in [0.2, 0.25) is 0 Å². The smallest absolute Gasteiger partial charge is 0.356 e. The molecule has 0 radical (unpaired) electrons. The molecule has 2 aromatic rings. The Morgan fingerprint density at radius 1 is 1.38 bits per heavy atom. The van der Waals surface area contributed by atoms with E-state index in [1.54, 1.807) is 0 Å². The third kappa shape index (κ3) is 1.95. The molecule has 0 aliphatic carbocycles. The van der Waals surface area contributed by atoms with Crippen LogP contribution in [0.4, 0.5) is 0 Å². The third-order valence-corrected chi connectivity index (χ3v) is 3.21. The number of benzene rings is 1. The highest BCUT2D eigenvalue weighted by Gasteiger charge is 2.17. The van der Waals surface area contributed by atoms with Crippen molar-refractivity contribution in [3.05, 3.63) is 41.0 Å². The molecule has 0 aliphatic heterocycles. The molecule has 0 fully saturated rings. The lowest BCUT2D eigenvalue weighted by Crippen LogP contribution is -2.00. The molecule has 0 bridgehead atoms. The fraction of sp³-hybridized carbons (Fsp3) is 0.0909. The number of carbonyl (C=O) groups is 1. The summed E-state index contributed by atoms with van der Waals surface area (Å²) >= 11 is 1.32. The Bertz CT molecular complexity index is 508. The van der Waals surface area contributed by atoms with E-state index >= 15 is 0 Å². The van der Waals surface area contributed by atoms with Crippen LogP contribution in [-0.4, -0.2) is 16.1 Å². The summed E-state index contributed by atoms with van der Waals surface area (Å²) in [6, 6.07) is 9.33. The number of carboxylic acid groups (broad SMARTS) is 1. The molecule has 0 unspecified atom stereocenters. The van der Waals surface area contributed by atoms with Crippen molar-refractivity contribution in [2.24, 2.45) is 5.73 Å². The van der Waals surface area contributed by atoms with E-state index in [-0.39, 0.29) is 12.2 Å². The van der Waals surface area contributed by atoms with Gasteiger partial charge < -0.3 is 10.8 Å². The van der Waals surface area contributed by atoms with Gasteiger partial charge in [0.15, 0.2) is 5.69 Å². The number of nitrogens with two attached hydrogens (primary N) is 1. The van der Waals surface area contributed by atoms with Gasteiger partial charge in [0, 0.05) is 6.54 Å². The van der Waals surface area contributed by atoms with E-state index in [0.717, 1.165) is 5.56 Å². The van der Waals surface area contributed by atoms with E-state index in [1.165, 1.54) is 11.3 Å². The van der Waals surface area contributed by atoms with Crippen LogP contribution >= 0.6 is 11.3 Å². The van der Waals surface area contributed by atoms with E-state index < -0.39 is 5.97 Å². The molecule has 1 aromatic carbocycles. The fourth-order valence-corrected chi connectivity index (χ4v) is 2.32. The molecular weight excluding hydrogens is 224 g/mol. The van der Waals surface area contributed by atoms with Gasteiger partial charge in [-0.15, -0.1) is 11.3 Å². The van der Waals surface area contributed by atoms with Crippen LogP contribution in [-0.2, 0) is 6.54 Å². The van der Waals surface area contributed by atoms with E-state index in [0.29, 0.717) is 9.88 Å². The molecule has 3 N–H and O–H groups in total. The summed E-state index contributed by atoms with van der Waals surface area (Å²) in [6.07, 6.45) is 0. The van der Waals surface area contributed by atoms with Gasteiger partial charge in [-0.3, -0.25) is 0 Å². The molecule has 0 saturated carbocycles. The minimum absolute atomic E-state index is 0.0802. The lowest BCUT2D eigenvalue weighted by Gasteiger charge is -1.97. The molecule has 1 aromatic heterocycles. The molecule has 16 heavy (non-hydrogen) atoms. The van der Waals surface area contributed by atoms with Gasteiger partial charge in [-0.25, -0.2) is 9.78 Å². The number of aromatic carboxylic acids is 1. The summed E-state index contributed by atoms with van der Waals surface area (Å²) in [4.78, 5) is 15.7. The lowest BCUT2D eigenvalue weighted by atomic mass is 10.1. The van der Waals surface area contributed by atoms with Crippen molar-refractivity contribution >= 4 is 17.3 Å². The normalized spacial score (nSPS) is 10.3. The first-order chi connectivity index (χ1) is 7.72. The molecule has 0 atom stereocenters. The minimum atomic E-state index is -1.02. The Hall–Kier alpha value is -1.72. The van der Waals surface area contributed by atoms with Crippen molar-refractivity contribution in [3.63, 3.8) is 0 Å². The van der Waals surface area contributed by atoms with Gasteiger partial charge in [-0.1, -0.05) is 30.3 Å². The molecule has 0 saturated heterocycles. The maximum atomic E-state index is 11.0. The SMILES string of the molecule is NCc1nc(C(=O)O)c(-c2ccccc2)s1. The lowest BCUT2D eigenvalue weighted by molar-refractivity contribution is 0.0692. The Morgan fingerprint density at radius 2 is 2.06 bits per heavy atom. The highest BCUT2D eigenvalue weighted by atomic mass is 32.1. The first kappa shape index (κ1) is 10.8. The van der Waals surface area contributed by atoms with Crippen LogP contribution in [0.5, 0.6) is 0 Å². The summed E-state index contributed by atoms with van der Waals surface area (Å²) in [6.45, 7) is 0.262. The average molecular weight is 234 g/mol. The molecule has 2 rings (SSSR count). The van der Waals surface area contributed by atoms with Gasteiger partial charge in [0.2, 0.25) is 0 Å². The predicted molar refractivity (Wildman–Crippen MR) is 62.4 cm³/mol. The Kier molecular flexibility index (Phi) is 2.98. The summed E-state index contributed by atoms with van der Waals surface area (Å²) in [5.41, 5.74) is 6.40. The van der Waals surface area contributed by atoms with Crippen molar-refractivity contribution in [2.45, 2.75) is 6.54 Å². The molecule has 1 heterocycles. The number of nitrogens with zero attached hydrogens (tertiary/aromatic N) is 1. The molecule has 5 heteroatoms. The van der Waals surface area contributed by atoms with Crippen LogP contribution < -0.4 is 5.73 Å². The molecule has 0 amide bonds. The number of carboxylic acids is 1. The zero-order valence-corrected chi connectivity index (χ0v) is 9.20. The molecule has 0 spiro atoms. The van der Waals surface area contributed by atoms with Crippen molar-refractivity contribution in [2.75, 3.05) is 0 Å². The molecule has 4 nitrogen and oxygen atoms in total. The Morgan fingerprint density at radius 3 is 2.62 bits per heavy atom. The molecule has 0 aliphatic rings. The Balaban J connectivity index is 2.55. The fourth-order valence-electron chi connectivity index (χ4n) is 1.38. The number of hydrogen-bond acceptors (Lipinski definition) is 4. The van der Waals surface area contributed by atoms with E-state index in [9.17, 15) is 4.79 Å². The molecule has 82 valence electrons. The second-order valence-corrected chi connectivity index (χ2v) is 4.24.